The van der Waals surface area contributed by atoms with Crippen molar-refractivity contribution in [1.29, 1.82) is 0 Å². The van der Waals surface area contributed by atoms with Crippen molar-refractivity contribution in [3.8, 4) is 5.75 Å². The maximum atomic E-state index is 12.9. The number of carbonyl (C=O) groups excluding carboxylic acids is 1. The van der Waals surface area contributed by atoms with E-state index in [1.165, 1.54) is 0 Å². The van der Waals surface area contributed by atoms with Crippen LogP contribution in [0.15, 0.2) is 54.6 Å². The van der Waals surface area contributed by atoms with Crippen LogP contribution in [0.2, 0.25) is 36.3 Å². The molecule has 8 heteroatoms. The minimum Gasteiger partial charge on any atom is -0.413 e. The highest BCUT2D eigenvalue weighted by Crippen LogP contribution is 2.37. The second-order valence-electron chi connectivity index (χ2n) is 13.1. The Morgan fingerprint density at radius 1 is 0.825 bits per heavy atom. The molecule has 0 aromatic heterocycles. The third kappa shape index (κ3) is 9.85. The van der Waals surface area contributed by atoms with Gasteiger partial charge >= 0.3 is 6.09 Å². The van der Waals surface area contributed by atoms with Crippen LogP contribution in [0.3, 0.4) is 0 Å². The number of benzene rings is 2. The molecule has 0 saturated carbocycles. The van der Waals surface area contributed by atoms with Crippen molar-refractivity contribution in [2.75, 3.05) is 18.5 Å². The van der Waals surface area contributed by atoms with Crippen LogP contribution in [0.4, 0.5) is 10.5 Å². The highest BCUT2D eigenvalue weighted by atomic mass is 28.4. The fourth-order valence-electron chi connectivity index (χ4n) is 3.27. The van der Waals surface area contributed by atoms with Gasteiger partial charge in [-0.15, -0.1) is 0 Å². The first-order valence-electron chi connectivity index (χ1n) is 13.9. The number of nitrogens with one attached hydrogen (secondary N) is 1. The molecular formula is C32H49NO5Si2. The normalized spacial score (nSPS) is 13.3. The summed E-state index contributed by atoms with van der Waals surface area (Å²) in [7, 11) is -3.82. The SMILES string of the molecule is CC(C)(C)[Si](C)(C)OC/C=C/c1cc(CO)cc(/C=C/CO[Si](C)(C)C(C)(C)C)c1NC(=O)Oc1ccccc1. The van der Waals surface area contributed by atoms with Crippen molar-refractivity contribution in [3.63, 3.8) is 0 Å². The maximum Gasteiger partial charge on any atom is 0.417 e. The molecule has 0 aliphatic carbocycles. The molecule has 0 spiro atoms. The molecule has 0 atom stereocenters. The molecule has 40 heavy (non-hydrogen) atoms. The third-order valence-electron chi connectivity index (χ3n) is 7.91. The van der Waals surface area contributed by atoms with Crippen LogP contribution in [-0.4, -0.2) is 41.0 Å². The lowest BCUT2D eigenvalue weighted by Crippen LogP contribution is -2.40. The Morgan fingerprint density at radius 2 is 1.27 bits per heavy atom. The number of rotatable bonds is 11. The zero-order valence-electron chi connectivity index (χ0n) is 26.1. The van der Waals surface area contributed by atoms with E-state index in [1.54, 1.807) is 12.1 Å². The van der Waals surface area contributed by atoms with E-state index in [0.29, 0.717) is 24.7 Å². The molecule has 2 aromatic rings. The first-order valence-corrected chi connectivity index (χ1v) is 19.7. The predicted molar refractivity (Wildman–Crippen MR) is 173 cm³/mol. The average Bonchev–Trinajstić information content (AvgIpc) is 2.84. The highest BCUT2D eigenvalue weighted by molar-refractivity contribution is 6.74. The van der Waals surface area contributed by atoms with Crippen LogP contribution < -0.4 is 10.1 Å². The Kier molecular flexibility index (Phi) is 11.7. The minimum absolute atomic E-state index is 0.107. The highest BCUT2D eigenvalue weighted by Gasteiger charge is 2.37. The van der Waals surface area contributed by atoms with Crippen molar-refractivity contribution in [2.45, 2.75) is 84.4 Å². The quantitative estimate of drug-likeness (QED) is 0.258. The lowest BCUT2D eigenvalue weighted by molar-refractivity contribution is 0.215. The van der Waals surface area contributed by atoms with Crippen molar-refractivity contribution in [1.82, 2.24) is 0 Å². The molecule has 0 unspecified atom stereocenters. The van der Waals surface area contributed by atoms with Gasteiger partial charge in [-0.1, -0.05) is 84.0 Å². The van der Waals surface area contributed by atoms with E-state index in [0.717, 1.165) is 16.7 Å². The summed E-state index contributed by atoms with van der Waals surface area (Å²) in [5.41, 5.74) is 2.82. The van der Waals surface area contributed by atoms with Crippen molar-refractivity contribution < 1.29 is 23.5 Å². The number of anilines is 1. The van der Waals surface area contributed by atoms with Crippen LogP contribution >= 0.6 is 0 Å². The molecule has 2 N–H and O–H groups in total. The van der Waals surface area contributed by atoms with E-state index in [1.807, 2.05) is 54.6 Å². The number of hydrogen-bond donors (Lipinski definition) is 2. The second-order valence-corrected chi connectivity index (χ2v) is 22.7. The summed E-state index contributed by atoms with van der Waals surface area (Å²) in [6.45, 7) is 22.9. The summed E-state index contributed by atoms with van der Waals surface area (Å²) in [4.78, 5) is 12.9. The Morgan fingerprint density at radius 3 is 1.68 bits per heavy atom. The molecule has 220 valence electrons. The monoisotopic (exact) mass is 583 g/mol. The average molecular weight is 584 g/mol. The lowest BCUT2D eigenvalue weighted by Gasteiger charge is -2.35. The number of amides is 1. The van der Waals surface area contributed by atoms with E-state index in [-0.39, 0.29) is 16.7 Å². The first kappa shape index (κ1) is 33.7. The number of aliphatic hydroxyl groups excluding tert-OH is 1. The van der Waals surface area contributed by atoms with E-state index in [2.05, 4.69) is 73.0 Å². The van der Waals surface area contributed by atoms with Crippen molar-refractivity contribution >= 4 is 40.6 Å². The van der Waals surface area contributed by atoms with Gasteiger partial charge in [-0.3, -0.25) is 5.32 Å². The zero-order chi connectivity index (χ0) is 30.2. The minimum atomic E-state index is -1.91. The molecule has 0 heterocycles. The smallest absolute Gasteiger partial charge is 0.413 e. The maximum absolute atomic E-state index is 12.9. The van der Waals surface area contributed by atoms with Crippen LogP contribution in [0, 0.1) is 0 Å². The fraction of sp³-hybridized carbons (Fsp3) is 0.469. The second kappa shape index (κ2) is 13.9. The fourth-order valence-corrected chi connectivity index (χ4v) is 5.16. The molecule has 0 saturated heterocycles. The Hall–Kier alpha value is -2.50. The number of ether oxygens (including phenoxy) is 1. The van der Waals surface area contributed by atoms with Gasteiger partial charge in [0.05, 0.1) is 25.5 Å². The molecule has 6 nitrogen and oxygen atoms in total. The van der Waals surface area contributed by atoms with Crippen molar-refractivity contribution in [3.05, 3.63) is 71.3 Å². The van der Waals surface area contributed by atoms with Gasteiger partial charge in [0.2, 0.25) is 0 Å². The third-order valence-corrected chi connectivity index (χ3v) is 16.9. The summed E-state index contributed by atoms with van der Waals surface area (Å²) in [6, 6.07) is 12.7. The van der Waals surface area contributed by atoms with Crippen LogP contribution in [0.25, 0.3) is 12.2 Å². The van der Waals surface area contributed by atoms with E-state index < -0.39 is 22.7 Å². The van der Waals surface area contributed by atoms with Gasteiger partial charge in [0, 0.05) is 0 Å². The van der Waals surface area contributed by atoms with Gasteiger partial charge in [0.15, 0.2) is 16.6 Å². The Labute approximate surface area is 243 Å². The molecule has 0 bridgehead atoms. The topological polar surface area (TPSA) is 77.0 Å². The van der Waals surface area contributed by atoms with Gasteiger partial charge in [-0.25, -0.2) is 4.79 Å². The molecule has 2 aromatic carbocycles. The van der Waals surface area contributed by atoms with Crippen LogP contribution in [-0.2, 0) is 15.5 Å². The molecule has 0 aliphatic heterocycles. The van der Waals surface area contributed by atoms with Gasteiger partial charge in [0.25, 0.3) is 0 Å². The van der Waals surface area contributed by atoms with Gasteiger partial charge in [-0.05, 0) is 77.2 Å². The van der Waals surface area contributed by atoms with Crippen LogP contribution in [0.5, 0.6) is 5.75 Å². The first-order chi connectivity index (χ1) is 18.5. The summed E-state index contributed by atoms with van der Waals surface area (Å²) >= 11 is 0. The molecule has 0 radical (unpaired) electrons. The van der Waals surface area contributed by atoms with E-state index in [9.17, 15) is 9.90 Å². The van der Waals surface area contributed by atoms with Crippen molar-refractivity contribution in [2.24, 2.45) is 0 Å². The van der Waals surface area contributed by atoms with E-state index >= 15 is 0 Å². The molecule has 2 rings (SSSR count). The number of aliphatic hydroxyl groups is 1. The Bertz CT molecular complexity index is 1120. The van der Waals surface area contributed by atoms with Crippen LogP contribution in [0.1, 0.15) is 58.2 Å². The number of carbonyl (C=O) groups is 1. The molecular weight excluding hydrogens is 535 g/mol. The van der Waals surface area contributed by atoms with E-state index in [4.69, 9.17) is 13.6 Å². The largest absolute Gasteiger partial charge is 0.417 e. The van der Waals surface area contributed by atoms with Gasteiger partial charge in [0.1, 0.15) is 5.75 Å². The molecule has 0 aliphatic rings. The summed E-state index contributed by atoms with van der Waals surface area (Å²) in [5.74, 6) is 0.451. The summed E-state index contributed by atoms with van der Waals surface area (Å²) in [5, 5.41) is 13.1. The molecule has 0 fully saturated rings. The summed E-state index contributed by atoms with van der Waals surface area (Å²) in [6.07, 6.45) is 7.17. The Balaban J connectivity index is 2.38. The number of hydrogen-bond acceptors (Lipinski definition) is 5. The number of para-hydroxylation sites is 1. The predicted octanol–water partition coefficient (Wildman–Crippen LogP) is 8.86. The lowest BCUT2D eigenvalue weighted by atomic mass is 10.0. The molecule has 1 amide bonds. The van der Waals surface area contributed by atoms with Gasteiger partial charge < -0.3 is 18.7 Å². The van der Waals surface area contributed by atoms with Gasteiger partial charge in [-0.2, -0.15) is 0 Å². The zero-order valence-corrected chi connectivity index (χ0v) is 28.1. The summed E-state index contributed by atoms with van der Waals surface area (Å²) < 4.78 is 18.1. The standard InChI is InChI=1S/C32H49NO5Si2/c1-31(2,3)39(7,8)36-20-14-16-26-22-25(24-34)23-27(17-15-21-37-40(9,10)32(4,5)6)29(26)33-30(35)38-28-18-12-11-13-19-28/h11-19,22-23,34H,20-21,24H2,1-10H3,(H,33,35)/b16-14+,17-15+.